The van der Waals surface area contributed by atoms with E-state index in [1.807, 2.05) is 17.0 Å². The monoisotopic (exact) mass is 275 g/mol. The molecule has 1 aromatic rings. The summed E-state index contributed by atoms with van der Waals surface area (Å²) >= 11 is 0. The number of nitrogens with zero attached hydrogens (tertiary/aromatic N) is 2. The van der Waals surface area contributed by atoms with Crippen LogP contribution in [0.4, 0.5) is 5.82 Å². The Labute approximate surface area is 121 Å². The molecule has 0 unspecified atom stereocenters. The van der Waals surface area contributed by atoms with Crippen LogP contribution >= 0.6 is 0 Å². The minimum Gasteiger partial charge on any atom is -0.370 e. The standard InChI is InChI=1S/C16H25N3O/c1-3-9-17-15-8-7-14(11-18-15)16(20)19(10-4-2)12-13-5-6-13/h7-8,11,13H,3-6,9-10,12H2,1-2H3,(H,17,18). The van der Waals surface area contributed by atoms with Crippen LogP contribution in [-0.2, 0) is 0 Å². The van der Waals surface area contributed by atoms with Gasteiger partial charge >= 0.3 is 0 Å². The zero-order valence-corrected chi connectivity index (χ0v) is 12.6. The second-order valence-corrected chi connectivity index (χ2v) is 5.55. The molecule has 110 valence electrons. The third-order valence-corrected chi connectivity index (χ3v) is 3.52. The first-order valence-corrected chi connectivity index (χ1v) is 7.73. The maximum absolute atomic E-state index is 12.5. The number of carbonyl (C=O) groups is 1. The molecule has 1 amide bonds. The molecule has 20 heavy (non-hydrogen) atoms. The normalized spacial score (nSPS) is 14.1. The Morgan fingerprint density at radius 2 is 2.15 bits per heavy atom. The molecule has 4 nitrogen and oxygen atoms in total. The number of hydrogen-bond acceptors (Lipinski definition) is 3. The zero-order valence-electron chi connectivity index (χ0n) is 12.6. The fourth-order valence-electron chi connectivity index (χ4n) is 2.22. The van der Waals surface area contributed by atoms with Crippen LogP contribution in [0.15, 0.2) is 18.3 Å². The van der Waals surface area contributed by atoms with E-state index >= 15 is 0 Å². The van der Waals surface area contributed by atoms with Gasteiger partial charge in [-0.15, -0.1) is 0 Å². The van der Waals surface area contributed by atoms with Crippen molar-refractivity contribution >= 4 is 11.7 Å². The van der Waals surface area contributed by atoms with Crippen molar-refractivity contribution in [2.75, 3.05) is 25.0 Å². The van der Waals surface area contributed by atoms with Crippen LogP contribution in [0.25, 0.3) is 0 Å². The van der Waals surface area contributed by atoms with Crippen molar-refractivity contribution in [3.05, 3.63) is 23.9 Å². The van der Waals surface area contributed by atoms with Gasteiger partial charge in [0.05, 0.1) is 5.56 Å². The predicted octanol–water partition coefficient (Wildman–Crippen LogP) is 3.17. The molecule has 0 atom stereocenters. The lowest BCUT2D eigenvalue weighted by atomic mass is 10.2. The fourth-order valence-corrected chi connectivity index (χ4v) is 2.22. The van der Waals surface area contributed by atoms with Crippen LogP contribution < -0.4 is 5.32 Å². The molecular formula is C16H25N3O. The van der Waals surface area contributed by atoms with E-state index < -0.39 is 0 Å². The maximum atomic E-state index is 12.5. The Balaban J connectivity index is 1.98. The molecule has 0 radical (unpaired) electrons. The largest absolute Gasteiger partial charge is 0.370 e. The molecule has 0 bridgehead atoms. The quantitative estimate of drug-likeness (QED) is 0.792. The summed E-state index contributed by atoms with van der Waals surface area (Å²) in [7, 11) is 0. The molecule has 2 rings (SSSR count). The Morgan fingerprint density at radius 1 is 1.35 bits per heavy atom. The van der Waals surface area contributed by atoms with Gasteiger partial charge in [-0.3, -0.25) is 4.79 Å². The van der Waals surface area contributed by atoms with Gasteiger partial charge in [-0.2, -0.15) is 0 Å². The summed E-state index contributed by atoms with van der Waals surface area (Å²) in [5, 5.41) is 3.22. The average Bonchev–Trinajstić information content (AvgIpc) is 3.28. The van der Waals surface area contributed by atoms with E-state index in [9.17, 15) is 4.79 Å². The van der Waals surface area contributed by atoms with Crippen LogP contribution in [0.5, 0.6) is 0 Å². The van der Waals surface area contributed by atoms with Gasteiger partial charge in [0.15, 0.2) is 0 Å². The number of aromatic nitrogens is 1. The third-order valence-electron chi connectivity index (χ3n) is 3.52. The number of carbonyl (C=O) groups excluding carboxylic acids is 1. The molecule has 1 aliphatic carbocycles. The van der Waals surface area contributed by atoms with Crippen LogP contribution in [-0.4, -0.2) is 35.4 Å². The highest BCUT2D eigenvalue weighted by Crippen LogP contribution is 2.30. The SMILES string of the molecule is CCCNc1ccc(C(=O)N(CCC)CC2CC2)cn1. The van der Waals surface area contributed by atoms with Crippen molar-refractivity contribution < 1.29 is 4.79 Å². The van der Waals surface area contributed by atoms with Gasteiger partial charge in [-0.1, -0.05) is 13.8 Å². The number of amides is 1. The van der Waals surface area contributed by atoms with Crippen LogP contribution in [0.1, 0.15) is 49.9 Å². The number of nitrogens with one attached hydrogen (secondary N) is 1. The van der Waals surface area contributed by atoms with Gasteiger partial charge in [0.1, 0.15) is 5.82 Å². The summed E-state index contributed by atoms with van der Waals surface area (Å²) in [5.41, 5.74) is 0.696. The van der Waals surface area contributed by atoms with Gasteiger partial charge in [-0.05, 0) is 43.7 Å². The smallest absolute Gasteiger partial charge is 0.255 e. The van der Waals surface area contributed by atoms with Crippen molar-refractivity contribution in [1.29, 1.82) is 0 Å². The summed E-state index contributed by atoms with van der Waals surface area (Å²) in [6, 6.07) is 3.77. The Kier molecular flexibility index (Phi) is 5.39. The fraction of sp³-hybridized carbons (Fsp3) is 0.625. The van der Waals surface area contributed by atoms with E-state index in [-0.39, 0.29) is 5.91 Å². The first-order valence-electron chi connectivity index (χ1n) is 7.73. The summed E-state index contributed by atoms with van der Waals surface area (Å²) < 4.78 is 0. The van der Waals surface area contributed by atoms with Crippen LogP contribution in [0, 0.1) is 5.92 Å². The van der Waals surface area contributed by atoms with Gasteiger partial charge in [-0.25, -0.2) is 4.98 Å². The highest BCUT2D eigenvalue weighted by Gasteiger charge is 2.26. The van der Waals surface area contributed by atoms with Crippen molar-refractivity contribution in [2.24, 2.45) is 5.92 Å². The summed E-state index contributed by atoms with van der Waals surface area (Å²) in [6.07, 6.45) is 6.29. The molecule has 1 heterocycles. The topological polar surface area (TPSA) is 45.2 Å². The second kappa shape index (κ2) is 7.27. The molecule has 0 spiro atoms. The molecule has 1 aliphatic rings. The lowest BCUT2D eigenvalue weighted by molar-refractivity contribution is 0.0747. The Hall–Kier alpha value is -1.58. The minimum atomic E-state index is 0.119. The molecular weight excluding hydrogens is 250 g/mol. The lowest BCUT2D eigenvalue weighted by Crippen LogP contribution is -2.33. The van der Waals surface area contributed by atoms with Gasteiger partial charge in [0.2, 0.25) is 0 Å². The van der Waals surface area contributed by atoms with Crippen molar-refractivity contribution in [2.45, 2.75) is 39.5 Å². The van der Waals surface area contributed by atoms with E-state index in [4.69, 9.17) is 0 Å². The first kappa shape index (κ1) is 14.8. The Morgan fingerprint density at radius 3 is 2.70 bits per heavy atom. The van der Waals surface area contributed by atoms with Crippen molar-refractivity contribution in [1.82, 2.24) is 9.88 Å². The van der Waals surface area contributed by atoms with E-state index in [2.05, 4.69) is 24.1 Å². The molecule has 1 aromatic heterocycles. The molecule has 0 aromatic carbocycles. The molecule has 1 saturated carbocycles. The zero-order chi connectivity index (χ0) is 14.4. The number of anilines is 1. The molecule has 4 heteroatoms. The molecule has 0 aliphatic heterocycles. The third kappa shape index (κ3) is 4.22. The Bertz CT molecular complexity index is 426. The van der Waals surface area contributed by atoms with Gasteiger partial charge < -0.3 is 10.2 Å². The first-order chi connectivity index (χ1) is 9.74. The number of pyridine rings is 1. The van der Waals surface area contributed by atoms with E-state index in [0.29, 0.717) is 5.56 Å². The maximum Gasteiger partial charge on any atom is 0.255 e. The van der Waals surface area contributed by atoms with E-state index in [1.165, 1.54) is 12.8 Å². The van der Waals surface area contributed by atoms with E-state index in [1.54, 1.807) is 6.20 Å². The van der Waals surface area contributed by atoms with Crippen molar-refractivity contribution in [3.63, 3.8) is 0 Å². The van der Waals surface area contributed by atoms with Gasteiger partial charge in [0, 0.05) is 25.8 Å². The average molecular weight is 275 g/mol. The summed E-state index contributed by atoms with van der Waals surface area (Å²) in [4.78, 5) is 18.8. The molecule has 1 fully saturated rings. The summed E-state index contributed by atoms with van der Waals surface area (Å²) in [5.74, 6) is 1.69. The summed E-state index contributed by atoms with van der Waals surface area (Å²) in [6.45, 7) is 6.88. The molecule has 1 N–H and O–H groups in total. The number of rotatable bonds is 8. The highest BCUT2D eigenvalue weighted by atomic mass is 16.2. The van der Waals surface area contributed by atoms with E-state index in [0.717, 1.165) is 44.2 Å². The van der Waals surface area contributed by atoms with Crippen molar-refractivity contribution in [3.8, 4) is 0 Å². The molecule has 0 saturated heterocycles. The van der Waals surface area contributed by atoms with Crippen LogP contribution in [0.2, 0.25) is 0 Å². The lowest BCUT2D eigenvalue weighted by Gasteiger charge is -2.22. The predicted molar refractivity (Wildman–Crippen MR) is 81.9 cm³/mol. The number of hydrogen-bond donors (Lipinski definition) is 1. The highest BCUT2D eigenvalue weighted by molar-refractivity contribution is 5.94. The second-order valence-electron chi connectivity index (χ2n) is 5.55. The minimum absolute atomic E-state index is 0.119. The van der Waals surface area contributed by atoms with Gasteiger partial charge in [0.25, 0.3) is 5.91 Å². The van der Waals surface area contributed by atoms with Crippen LogP contribution in [0.3, 0.4) is 0 Å².